The van der Waals surface area contributed by atoms with Crippen molar-refractivity contribution in [1.29, 1.82) is 0 Å². The second kappa shape index (κ2) is 4.92. The van der Waals surface area contributed by atoms with Gasteiger partial charge in [0, 0.05) is 5.75 Å². The third kappa shape index (κ3) is 2.52. The molecular weight excluding hydrogens is 232 g/mol. The Hall–Kier alpha value is -1.29. The fraction of sp³-hybridized carbons (Fsp3) is 0.385. The molecule has 2 aliphatic heterocycles. The van der Waals surface area contributed by atoms with Crippen LogP contribution < -0.4 is 0 Å². The van der Waals surface area contributed by atoms with Gasteiger partial charge in [0.25, 0.3) is 0 Å². The van der Waals surface area contributed by atoms with E-state index in [0.29, 0.717) is 6.61 Å². The molecule has 1 aromatic rings. The van der Waals surface area contributed by atoms with Crippen LogP contribution in [0.2, 0.25) is 0 Å². The van der Waals surface area contributed by atoms with Crippen LogP contribution in [0.15, 0.2) is 40.3 Å². The Morgan fingerprint density at radius 2 is 2.18 bits per heavy atom. The Morgan fingerprint density at radius 1 is 1.29 bits per heavy atom. The van der Waals surface area contributed by atoms with E-state index in [2.05, 4.69) is 34.3 Å². The summed E-state index contributed by atoms with van der Waals surface area (Å²) in [6.07, 6.45) is 0.952. The minimum Gasteiger partial charge on any atom is -0.477 e. The van der Waals surface area contributed by atoms with Crippen LogP contribution in [0.1, 0.15) is 5.56 Å². The molecule has 2 heterocycles. The number of benzene rings is 1. The van der Waals surface area contributed by atoms with E-state index in [1.54, 1.807) is 11.8 Å². The third-order valence-electron chi connectivity index (χ3n) is 2.90. The highest BCUT2D eigenvalue weighted by atomic mass is 32.2. The fourth-order valence-corrected chi connectivity index (χ4v) is 2.77. The van der Waals surface area contributed by atoms with Gasteiger partial charge in [0.2, 0.25) is 5.90 Å². The average Bonchev–Trinajstić information content (AvgIpc) is 3.00. The first-order valence-corrected chi connectivity index (χ1v) is 6.84. The maximum atomic E-state index is 5.64. The lowest BCUT2D eigenvalue weighted by Gasteiger charge is -2.04. The summed E-state index contributed by atoms with van der Waals surface area (Å²) in [5.74, 6) is 1.80. The van der Waals surface area contributed by atoms with Gasteiger partial charge in [-0.25, -0.2) is 4.99 Å². The third-order valence-corrected chi connectivity index (χ3v) is 3.68. The molecule has 0 fully saturated rings. The van der Waals surface area contributed by atoms with Crippen LogP contribution >= 0.6 is 11.8 Å². The van der Waals surface area contributed by atoms with Crippen molar-refractivity contribution < 1.29 is 4.74 Å². The maximum Gasteiger partial charge on any atom is 0.210 e. The van der Waals surface area contributed by atoms with E-state index >= 15 is 0 Å². The average molecular weight is 246 g/mol. The number of rotatable bonds is 3. The first-order chi connectivity index (χ1) is 8.42. The number of hydrogen-bond acceptors (Lipinski definition) is 4. The van der Waals surface area contributed by atoms with Gasteiger partial charge in [-0.05, 0) is 12.0 Å². The Balaban J connectivity index is 1.65. The van der Waals surface area contributed by atoms with Gasteiger partial charge in [0.1, 0.15) is 12.6 Å². The van der Waals surface area contributed by atoms with Crippen LogP contribution in [0, 0.1) is 0 Å². The molecule has 0 aromatic heterocycles. The van der Waals surface area contributed by atoms with E-state index in [9.17, 15) is 0 Å². The number of ether oxygens (including phenoxy) is 1. The molecule has 1 aromatic carbocycles. The van der Waals surface area contributed by atoms with Crippen LogP contribution in [0.4, 0.5) is 0 Å². The van der Waals surface area contributed by atoms with Crippen molar-refractivity contribution in [3.05, 3.63) is 35.9 Å². The second-order valence-electron chi connectivity index (χ2n) is 4.23. The summed E-state index contributed by atoms with van der Waals surface area (Å²) in [6, 6.07) is 10.8. The summed E-state index contributed by atoms with van der Waals surface area (Å²) >= 11 is 1.72. The molecule has 4 heteroatoms. The van der Waals surface area contributed by atoms with Crippen LogP contribution in [-0.2, 0) is 11.2 Å². The minimum absolute atomic E-state index is 0.153. The smallest absolute Gasteiger partial charge is 0.210 e. The van der Waals surface area contributed by atoms with E-state index < -0.39 is 0 Å². The second-order valence-corrected chi connectivity index (χ2v) is 5.10. The molecule has 88 valence electrons. The van der Waals surface area contributed by atoms with Crippen LogP contribution in [0.3, 0.4) is 0 Å². The molecule has 0 saturated heterocycles. The molecule has 0 amide bonds. The molecule has 2 atom stereocenters. The van der Waals surface area contributed by atoms with Gasteiger partial charge in [-0.15, -0.1) is 11.8 Å². The van der Waals surface area contributed by atoms with Gasteiger partial charge < -0.3 is 4.74 Å². The lowest BCUT2D eigenvalue weighted by Crippen LogP contribution is -2.18. The Kier molecular flexibility index (Phi) is 3.14. The van der Waals surface area contributed by atoms with Crippen molar-refractivity contribution in [1.82, 2.24) is 0 Å². The standard InChI is InChI=1S/C13H14N2OS/c1-2-4-10(5-3-1)6-11-7-16-13(15-11)12-8-17-9-14-12/h1-5,9,11-12H,6-8H2. The van der Waals surface area contributed by atoms with Crippen molar-refractivity contribution in [2.45, 2.75) is 18.5 Å². The molecule has 0 saturated carbocycles. The normalized spacial score (nSPS) is 26.9. The van der Waals surface area contributed by atoms with Gasteiger partial charge in [-0.3, -0.25) is 4.99 Å². The zero-order valence-electron chi connectivity index (χ0n) is 9.45. The maximum absolute atomic E-state index is 5.64. The zero-order chi connectivity index (χ0) is 11.5. The highest BCUT2D eigenvalue weighted by Gasteiger charge is 2.27. The molecule has 2 unspecified atom stereocenters. The van der Waals surface area contributed by atoms with Crippen molar-refractivity contribution in [2.75, 3.05) is 12.4 Å². The molecule has 0 radical (unpaired) electrons. The largest absolute Gasteiger partial charge is 0.477 e. The Morgan fingerprint density at radius 3 is 2.94 bits per heavy atom. The van der Waals surface area contributed by atoms with E-state index in [0.717, 1.165) is 18.1 Å². The molecular formula is C13H14N2OS. The lowest BCUT2D eigenvalue weighted by molar-refractivity contribution is 0.307. The quantitative estimate of drug-likeness (QED) is 0.819. The summed E-state index contributed by atoms with van der Waals surface area (Å²) in [6.45, 7) is 0.695. The van der Waals surface area contributed by atoms with Gasteiger partial charge in [-0.1, -0.05) is 30.3 Å². The van der Waals surface area contributed by atoms with Crippen LogP contribution in [0.5, 0.6) is 0 Å². The van der Waals surface area contributed by atoms with Gasteiger partial charge >= 0.3 is 0 Å². The molecule has 0 N–H and O–H groups in total. The Labute approximate surface area is 105 Å². The summed E-state index contributed by atoms with van der Waals surface area (Å²) in [4.78, 5) is 8.97. The first kappa shape index (κ1) is 10.8. The van der Waals surface area contributed by atoms with Gasteiger partial charge in [-0.2, -0.15) is 0 Å². The minimum atomic E-state index is 0.153. The predicted octanol–water partition coefficient (Wildman–Crippen LogP) is 2.17. The molecule has 0 spiro atoms. The van der Waals surface area contributed by atoms with E-state index in [-0.39, 0.29) is 12.1 Å². The van der Waals surface area contributed by atoms with Crippen LogP contribution in [-0.4, -0.2) is 35.9 Å². The summed E-state index contributed by atoms with van der Waals surface area (Å²) in [5, 5.41) is 0. The van der Waals surface area contributed by atoms with Gasteiger partial charge in [0.05, 0.1) is 11.6 Å². The highest BCUT2D eigenvalue weighted by molar-refractivity contribution is 8.12. The van der Waals surface area contributed by atoms with Crippen molar-refractivity contribution in [3.8, 4) is 0 Å². The molecule has 2 aliphatic rings. The lowest BCUT2D eigenvalue weighted by atomic mass is 10.1. The Bertz CT molecular complexity index is 444. The number of aliphatic imine (C=N–C) groups is 2. The summed E-state index contributed by atoms with van der Waals surface area (Å²) < 4.78 is 5.64. The highest BCUT2D eigenvalue weighted by Crippen LogP contribution is 2.19. The SMILES string of the molecule is C1=NC(C2=NC(Cc3ccccc3)CO2)CS1. The number of nitrogens with zero attached hydrogens (tertiary/aromatic N) is 2. The molecule has 0 bridgehead atoms. The van der Waals surface area contributed by atoms with Crippen LogP contribution in [0.25, 0.3) is 0 Å². The zero-order valence-corrected chi connectivity index (χ0v) is 10.3. The first-order valence-electron chi connectivity index (χ1n) is 5.79. The molecule has 3 nitrogen and oxygen atoms in total. The molecule has 3 rings (SSSR count). The number of hydrogen-bond donors (Lipinski definition) is 0. The molecule has 0 aliphatic carbocycles. The topological polar surface area (TPSA) is 34.0 Å². The van der Waals surface area contributed by atoms with E-state index in [1.165, 1.54) is 5.56 Å². The van der Waals surface area contributed by atoms with Crippen molar-refractivity contribution in [3.63, 3.8) is 0 Å². The van der Waals surface area contributed by atoms with Crippen molar-refractivity contribution >= 4 is 23.2 Å². The molecule has 17 heavy (non-hydrogen) atoms. The van der Waals surface area contributed by atoms with Crippen molar-refractivity contribution in [2.24, 2.45) is 9.98 Å². The fourth-order valence-electron chi connectivity index (χ4n) is 2.04. The van der Waals surface area contributed by atoms with E-state index in [4.69, 9.17) is 4.74 Å². The van der Waals surface area contributed by atoms with Gasteiger partial charge in [0.15, 0.2) is 0 Å². The number of thioether (sulfide) groups is 1. The summed E-state index contributed by atoms with van der Waals surface area (Å²) in [5.41, 5.74) is 3.21. The van der Waals surface area contributed by atoms with E-state index in [1.807, 2.05) is 11.6 Å². The summed E-state index contributed by atoms with van der Waals surface area (Å²) in [7, 11) is 0. The predicted molar refractivity (Wildman–Crippen MR) is 72.1 cm³/mol. The monoisotopic (exact) mass is 246 g/mol.